The van der Waals surface area contributed by atoms with Crippen LogP contribution in [0.15, 0.2) is 12.2 Å². The number of hydrogen-bond acceptors (Lipinski definition) is 2. The summed E-state index contributed by atoms with van der Waals surface area (Å²) in [5.74, 6) is 1.69. The number of rotatable bonds is 4. The minimum absolute atomic E-state index is 0.219. The number of esters is 1. The van der Waals surface area contributed by atoms with Crippen LogP contribution in [0, 0.1) is 17.8 Å². The van der Waals surface area contributed by atoms with Crippen molar-refractivity contribution >= 4 is 5.97 Å². The van der Waals surface area contributed by atoms with E-state index in [0.29, 0.717) is 36.4 Å². The van der Waals surface area contributed by atoms with Gasteiger partial charge in [0, 0.05) is 5.57 Å². The Bertz CT molecular complexity index is 235. The highest BCUT2D eigenvalue weighted by Crippen LogP contribution is 2.36. The molecule has 0 saturated heterocycles. The van der Waals surface area contributed by atoms with Crippen molar-refractivity contribution in [3.63, 3.8) is 0 Å². The van der Waals surface area contributed by atoms with Gasteiger partial charge in [0.05, 0.1) is 6.61 Å². The van der Waals surface area contributed by atoms with Crippen LogP contribution in [0.5, 0.6) is 0 Å². The van der Waals surface area contributed by atoms with E-state index in [2.05, 4.69) is 20.4 Å². The SMILES string of the molecule is C=C(CC)C(=O)OCC1C(C)CCC1C. The van der Waals surface area contributed by atoms with Crippen LogP contribution in [0.3, 0.4) is 0 Å². The first kappa shape index (κ1) is 12.3. The number of hydrogen-bond donors (Lipinski definition) is 0. The lowest BCUT2D eigenvalue weighted by atomic mass is 9.93. The average Bonchev–Trinajstić information content (AvgIpc) is 2.54. The molecule has 0 N–H and O–H groups in total. The maximum absolute atomic E-state index is 11.4. The van der Waals surface area contributed by atoms with Crippen LogP contribution in [0.2, 0.25) is 0 Å². The Kier molecular flexibility index (Phi) is 4.37. The molecular weight excluding hydrogens is 188 g/mol. The molecule has 0 aliphatic heterocycles. The Morgan fingerprint density at radius 3 is 2.33 bits per heavy atom. The summed E-state index contributed by atoms with van der Waals surface area (Å²) in [4.78, 5) is 11.4. The summed E-state index contributed by atoms with van der Waals surface area (Å²) in [7, 11) is 0. The van der Waals surface area contributed by atoms with Crippen molar-refractivity contribution in [1.82, 2.24) is 0 Å². The normalized spacial score (nSPS) is 30.2. The second kappa shape index (κ2) is 5.34. The van der Waals surface area contributed by atoms with E-state index in [4.69, 9.17) is 4.74 Å². The lowest BCUT2D eigenvalue weighted by Gasteiger charge is -2.19. The molecule has 0 radical (unpaired) electrons. The Balaban J connectivity index is 2.36. The van der Waals surface area contributed by atoms with E-state index in [0.717, 1.165) is 0 Å². The average molecular weight is 210 g/mol. The molecule has 2 nitrogen and oxygen atoms in total. The van der Waals surface area contributed by atoms with Crippen LogP contribution in [0.1, 0.15) is 40.0 Å². The summed E-state index contributed by atoms with van der Waals surface area (Å²) in [6.07, 6.45) is 3.20. The Labute approximate surface area is 92.7 Å². The van der Waals surface area contributed by atoms with Crippen molar-refractivity contribution in [2.45, 2.75) is 40.0 Å². The molecule has 1 fully saturated rings. The largest absolute Gasteiger partial charge is 0.462 e. The van der Waals surface area contributed by atoms with Gasteiger partial charge >= 0.3 is 5.97 Å². The summed E-state index contributed by atoms with van der Waals surface area (Å²) in [5, 5.41) is 0. The van der Waals surface area contributed by atoms with Crippen molar-refractivity contribution in [3.8, 4) is 0 Å². The zero-order valence-corrected chi connectivity index (χ0v) is 10.1. The zero-order chi connectivity index (χ0) is 11.4. The van der Waals surface area contributed by atoms with Crippen LogP contribution in [-0.4, -0.2) is 12.6 Å². The van der Waals surface area contributed by atoms with Crippen molar-refractivity contribution < 1.29 is 9.53 Å². The molecule has 15 heavy (non-hydrogen) atoms. The van der Waals surface area contributed by atoms with Crippen molar-refractivity contribution in [3.05, 3.63) is 12.2 Å². The Hall–Kier alpha value is -0.790. The molecule has 2 atom stereocenters. The Morgan fingerprint density at radius 1 is 1.33 bits per heavy atom. The standard InChI is InChI=1S/C13H22O2/c1-5-9(2)13(14)15-8-12-10(3)6-7-11(12)4/h10-12H,2,5-8H2,1,3-4H3. The minimum Gasteiger partial charge on any atom is -0.462 e. The quantitative estimate of drug-likeness (QED) is 0.526. The fraction of sp³-hybridized carbons (Fsp3) is 0.769. The monoisotopic (exact) mass is 210 g/mol. The Morgan fingerprint density at radius 2 is 1.87 bits per heavy atom. The first-order valence-corrected chi connectivity index (χ1v) is 5.91. The molecule has 86 valence electrons. The summed E-state index contributed by atoms with van der Waals surface area (Å²) in [6.45, 7) is 10.7. The van der Waals surface area contributed by atoms with Gasteiger partial charge in [-0.3, -0.25) is 0 Å². The first-order chi connectivity index (χ1) is 7.06. The molecule has 0 aromatic carbocycles. The molecule has 2 unspecified atom stereocenters. The van der Waals surface area contributed by atoms with Gasteiger partial charge in [-0.1, -0.05) is 40.2 Å². The summed E-state index contributed by atoms with van der Waals surface area (Å²) < 4.78 is 5.28. The lowest BCUT2D eigenvalue weighted by molar-refractivity contribution is -0.141. The van der Waals surface area contributed by atoms with Crippen molar-refractivity contribution in [1.29, 1.82) is 0 Å². The minimum atomic E-state index is -0.219. The molecule has 1 rings (SSSR count). The van der Waals surface area contributed by atoms with Crippen molar-refractivity contribution in [2.24, 2.45) is 17.8 Å². The molecule has 0 aromatic heterocycles. The number of carbonyl (C=O) groups is 1. The third kappa shape index (κ3) is 3.08. The van der Waals surface area contributed by atoms with E-state index in [9.17, 15) is 4.79 Å². The maximum Gasteiger partial charge on any atom is 0.333 e. The molecule has 0 aromatic rings. The second-order valence-corrected chi connectivity index (χ2v) is 4.75. The third-order valence-electron chi connectivity index (χ3n) is 3.66. The second-order valence-electron chi connectivity index (χ2n) is 4.75. The molecule has 0 bridgehead atoms. The van der Waals surface area contributed by atoms with Gasteiger partial charge in [-0.25, -0.2) is 4.79 Å². The predicted molar refractivity (Wildman–Crippen MR) is 61.4 cm³/mol. The molecule has 2 heteroatoms. The van der Waals surface area contributed by atoms with E-state index in [1.165, 1.54) is 12.8 Å². The zero-order valence-electron chi connectivity index (χ0n) is 10.1. The van der Waals surface area contributed by atoms with Crippen LogP contribution in [0.4, 0.5) is 0 Å². The third-order valence-corrected chi connectivity index (χ3v) is 3.66. The van der Waals surface area contributed by atoms with Crippen LogP contribution >= 0.6 is 0 Å². The highest BCUT2D eigenvalue weighted by atomic mass is 16.5. The van der Waals surface area contributed by atoms with Gasteiger partial charge in [0.1, 0.15) is 0 Å². The number of carbonyl (C=O) groups excluding carboxylic acids is 1. The van der Waals surface area contributed by atoms with E-state index in [1.54, 1.807) is 0 Å². The van der Waals surface area contributed by atoms with E-state index in [-0.39, 0.29) is 5.97 Å². The summed E-state index contributed by atoms with van der Waals surface area (Å²) in [5.41, 5.74) is 0.577. The fourth-order valence-corrected chi connectivity index (χ4v) is 2.26. The maximum atomic E-state index is 11.4. The topological polar surface area (TPSA) is 26.3 Å². The number of ether oxygens (including phenoxy) is 1. The van der Waals surface area contributed by atoms with Gasteiger partial charge in [-0.2, -0.15) is 0 Å². The van der Waals surface area contributed by atoms with Gasteiger partial charge in [0.25, 0.3) is 0 Å². The molecule has 1 saturated carbocycles. The van der Waals surface area contributed by atoms with Crippen LogP contribution in [0.25, 0.3) is 0 Å². The first-order valence-electron chi connectivity index (χ1n) is 5.91. The van der Waals surface area contributed by atoms with E-state index in [1.807, 2.05) is 6.92 Å². The van der Waals surface area contributed by atoms with Gasteiger partial charge in [-0.15, -0.1) is 0 Å². The molecule has 0 spiro atoms. The van der Waals surface area contributed by atoms with E-state index < -0.39 is 0 Å². The molecule has 0 amide bonds. The molecular formula is C13H22O2. The van der Waals surface area contributed by atoms with Gasteiger partial charge in [-0.05, 0) is 24.2 Å². The highest BCUT2D eigenvalue weighted by Gasteiger charge is 2.31. The summed E-state index contributed by atoms with van der Waals surface area (Å²) >= 11 is 0. The fourth-order valence-electron chi connectivity index (χ4n) is 2.26. The molecule has 0 heterocycles. The highest BCUT2D eigenvalue weighted by molar-refractivity contribution is 5.87. The van der Waals surface area contributed by atoms with Crippen LogP contribution in [-0.2, 0) is 9.53 Å². The predicted octanol–water partition coefficient (Wildman–Crippen LogP) is 3.18. The van der Waals surface area contributed by atoms with Gasteiger partial charge < -0.3 is 4.74 Å². The lowest BCUT2D eigenvalue weighted by Crippen LogP contribution is -2.20. The van der Waals surface area contributed by atoms with Gasteiger partial charge in [0.2, 0.25) is 0 Å². The van der Waals surface area contributed by atoms with Gasteiger partial charge in [0.15, 0.2) is 0 Å². The smallest absolute Gasteiger partial charge is 0.333 e. The van der Waals surface area contributed by atoms with Crippen molar-refractivity contribution in [2.75, 3.05) is 6.61 Å². The molecule has 1 aliphatic rings. The van der Waals surface area contributed by atoms with Crippen LogP contribution < -0.4 is 0 Å². The van der Waals surface area contributed by atoms with E-state index >= 15 is 0 Å². The summed E-state index contributed by atoms with van der Waals surface area (Å²) in [6, 6.07) is 0. The molecule has 1 aliphatic carbocycles.